The highest BCUT2D eigenvalue weighted by atomic mass is 32.2. The molecule has 5 heteroatoms. The summed E-state index contributed by atoms with van der Waals surface area (Å²) in [5, 5.41) is 8.76. The van der Waals surface area contributed by atoms with Crippen LogP contribution in [-0.4, -0.2) is 34.2 Å². The lowest BCUT2D eigenvalue weighted by atomic mass is 10.1. The Hall–Kier alpha value is -1.25. The number of rotatable bonds is 5. The first-order valence-corrected chi connectivity index (χ1v) is 7.35. The maximum Gasteiger partial charge on any atom is 0.140 e. The minimum atomic E-state index is -0.838. The lowest BCUT2D eigenvalue weighted by molar-refractivity contribution is 0.268. The number of hydrogen-bond acceptors (Lipinski definition) is 3. The topological polar surface area (TPSA) is 44.1 Å². The van der Waals surface area contributed by atoms with E-state index in [1.165, 1.54) is 6.07 Å². The Bertz CT molecular complexity index is 484. The van der Waals surface area contributed by atoms with Crippen LogP contribution < -0.4 is 0 Å². The zero-order valence-corrected chi connectivity index (χ0v) is 11.6. The molecule has 0 saturated heterocycles. The van der Waals surface area contributed by atoms with Gasteiger partial charge in [-0.05, 0) is 31.7 Å². The van der Waals surface area contributed by atoms with Gasteiger partial charge in [-0.15, -0.1) is 0 Å². The molecule has 1 aromatic carbocycles. The third-order valence-corrected chi connectivity index (χ3v) is 3.76. The van der Waals surface area contributed by atoms with Gasteiger partial charge in [-0.1, -0.05) is 6.07 Å². The number of benzene rings is 1. The minimum Gasteiger partial charge on any atom is -0.299 e. The van der Waals surface area contributed by atoms with E-state index in [0.29, 0.717) is 12.3 Å². The molecule has 1 rings (SSSR count). The smallest absolute Gasteiger partial charge is 0.140 e. The molecule has 98 valence electrons. The SMILES string of the molecule is C[C@H](C[S@](C)=O)N(C)Cc1ccc(F)c(C#N)c1. The van der Waals surface area contributed by atoms with E-state index in [4.69, 9.17) is 5.26 Å². The van der Waals surface area contributed by atoms with Crippen molar-refractivity contribution in [3.05, 3.63) is 35.1 Å². The maximum absolute atomic E-state index is 13.2. The molecule has 18 heavy (non-hydrogen) atoms. The summed E-state index contributed by atoms with van der Waals surface area (Å²) in [6, 6.07) is 6.54. The first kappa shape index (κ1) is 14.8. The Morgan fingerprint density at radius 2 is 2.22 bits per heavy atom. The van der Waals surface area contributed by atoms with E-state index in [9.17, 15) is 8.60 Å². The third kappa shape index (κ3) is 4.21. The fourth-order valence-corrected chi connectivity index (χ4v) is 2.60. The van der Waals surface area contributed by atoms with Crippen molar-refractivity contribution in [3.63, 3.8) is 0 Å². The Morgan fingerprint density at radius 3 is 2.78 bits per heavy atom. The maximum atomic E-state index is 13.2. The first-order chi connectivity index (χ1) is 8.43. The van der Waals surface area contributed by atoms with Gasteiger partial charge in [-0.25, -0.2) is 4.39 Å². The zero-order valence-electron chi connectivity index (χ0n) is 10.8. The number of nitriles is 1. The summed E-state index contributed by atoms with van der Waals surface area (Å²) < 4.78 is 24.3. The van der Waals surface area contributed by atoms with Crippen molar-refractivity contribution < 1.29 is 8.60 Å². The highest BCUT2D eigenvalue weighted by molar-refractivity contribution is 7.84. The van der Waals surface area contributed by atoms with E-state index in [1.807, 2.05) is 24.9 Å². The predicted molar refractivity (Wildman–Crippen MR) is 71.0 cm³/mol. The van der Waals surface area contributed by atoms with Crippen LogP contribution in [0.2, 0.25) is 0 Å². The molecule has 0 N–H and O–H groups in total. The van der Waals surface area contributed by atoms with Crippen LogP contribution in [-0.2, 0) is 17.3 Å². The van der Waals surface area contributed by atoms with Crippen LogP contribution in [0.15, 0.2) is 18.2 Å². The van der Waals surface area contributed by atoms with Crippen LogP contribution >= 0.6 is 0 Å². The normalized spacial score (nSPS) is 14.2. The van der Waals surface area contributed by atoms with Crippen molar-refractivity contribution in [1.82, 2.24) is 4.90 Å². The summed E-state index contributed by atoms with van der Waals surface area (Å²) in [5.74, 6) is 0.106. The fraction of sp³-hybridized carbons (Fsp3) is 0.462. The summed E-state index contributed by atoms with van der Waals surface area (Å²) in [6.45, 7) is 2.60. The Morgan fingerprint density at radius 1 is 1.56 bits per heavy atom. The van der Waals surface area contributed by atoms with Gasteiger partial charge in [0.15, 0.2) is 0 Å². The number of hydrogen-bond donors (Lipinski definition) is 0. The van der Waals surface area contributed by atoms with Gasteiger partial charge in [-0.2, -0.15) is 5.26 Å². The fourth-order valence-electron chi connectivity index (χ4n) is 1.67. The molecule has 1 aromatic rings. The molecule has 0 fully saturated rings. The third-order valence-electron chi connectivity index (χ3n) is 2.81. The molecule has 0 aliphatic heterocycles. The summed E-state index contributed by atoms with van der Waals surface area (Å²) in [4.78, 5) is 2.04. The molecular weight excluding hydrogens is 251 g/mol. The largest absolute Gasteiger partial charge is 0.299 e. The highest BCUT2D eigenvalue weighted by Crippen LogP contribution is 2.12. The molecule has 0 saturated carbocycles. The average molecular weight is 268 g/mol. The molecule has 0 heterocycles. The van der Waals surface area contributed by atoms with Gasteiger partial charge in [0.25, 0.3) is 0 Å². The van der Waals surface area contributed by atoms with Crippen molar-refractivity contribution in [2.75, 3.05) is 19.1 Å². The molecule has 0 aliphatic rings. The van der Waals surface area contributed by atoms with Crippen LogP contribution in [0, 0.1) is 17.1 Å². The second-order valence-corrected chi connectivity index (χ2v) is 5.91. The average Bonchev–Trinajstić information content (AvgIpc) is 2.30. The summed E-state index contributed by atoms with van der Waals surface area (Å²) in [5.41, 5.74) is 0.941. The monoisotopic (exact) mass is 268 g/mol. The van der Waals surface area contributed by atoms with Gasteiger partial charge < -0.3 is 0 Å². The molecule has 0 spiro atoms. The van der Waals surface area contributed by atoms with Crippen LogP contribution in [0.1, 0.15) is 18.1 Å². The van der Waals surface area contributed by atoms with Crippen molar-refractivity contribution >= 4 is 10.8 Å². The van der Waals surface area contributed by atoms with Crippen molar-refractivity contribution in [1.29, 1.82) is 5.26 Å². The summed E-state index contributed by atoms with van der Waals surface area (Å²) in [7, 11) is 1.09. The van der Waals surface area contributed by atoms with Gasteiger partial charge in [0.2, 0.25) is 0 Å². The van der Waals surface area contributed by atoms with E-state index in [1.54, 1.807) is 18.4 Å². The van der Waals surface area contributed by atoms with Crippen LogP contribution in [0.3, 0.4) is 0 Å². The van der Waals surface area contributed by atoms with Crippen molar-refractivity contribution in [3.8, 4) is 6.07 Å². The van der Waals surface area contributed by atoms with Crippen molar-refractivity contribution in [2.45, 2.75) is 19.5 Å². The van der Waals surface area contributed by atoms with Gasteiger partial charge in [0.1, 0.15) is 11.9 Å². The van der Waals surface area contributed by atoms with E-state index < -0.39 is 16.6 Å². The van der Waals surface area contributed by atoms with Gasteiger partial charge in [0, 0.05) is 35.4 Å². The Kier molecular flexibility index (Phi) is 5.45. The molecule has 0 bridgehead atoms. The van der Waals surface area contributed by atoms with Crippen LogP contribution in [0.25, 0.3) is 0 Å². The Balaban J connectivity index is 2.73. The van der Waals surface area contributed by atoms with Crippen LogP contribution in [0.5, 0.6) is 0 Å². The zero-order chi connectivity index (χ0) is 13.7. The van der Waals surface area contributed by atoms with E-state index in [0.717, 1.165) is 5.56 Å². The summed E-state index contributed by atoms with van der Waals surface area (Å²) in [6.07, 6.45) is 1.68. The second kappa shape index (κ2) is 6.62. The molecule has 0 unspecified atom stereocenters. The quantitative estimate of drug-likeness (QED) is 0.819. The molecule has 2 atom stereocenters. The first-order valence-electron chi connectivity index (χ1n) is 5.63. The predicted octanol–water partition coefficient (Wildman–Crippen LogP) is 1.90. The molecule has 0 radical (unpaired) electrons. The lowest BCUT2D eigenvalue weighted by Crippen LogP contribution is -2.32. The number of nitrogens with zero attached hydrogens (tertiary/aromatic N) is 2. The molecule has 3 nitrogen and oxygen atoms in total. The molecule has 0 aliphatic carbocycles. The Labute approximate surface area is 110 Å². The standard InChI is InChI=1S/C13H17FN2OS/c1-10(9-18(3)17)16(2)8-11-4-5-13(14)12(6-11)7-15/h4-6,10H,8-9H2,1-3H3/t10-,18+/m1/s1. The van der Waals surface area contributed by atoms with Crippen LogP contribution in [0.4, 0.5) is 4.39 Å². The summed E-state index contributed by atoms with van der Waals surface area (Å²) >= 11 is 0. The highest BCUT2D eigenvalue weighted by Gasteiger charge is 2.12. The van der Waals surface area contributed by atoms with Crippen molar-refractivity contribution in [2.24, 2.45) is 0 Å². The lowest BCUT2D eigenvalue weighted by Gasteiger charge is -2.24. The van der Waals surface area contributed by atoms with Gasteiger partial charge in [-0.3, -0.25) is 9.11 Å². The molecule has 0 amide bonds. The second-order valence-electron chi connectivity index (χ2n) is 4.43. The molecule has 0 aromatic heterocycles. The van der Waals surface area contributed by atoms with Gasteiger partial charge >= 0.3 is 0 Å². The minimum absolute atomic E-state index is 0.0626. The van der Waals surface area contributed by atoms with E-state index in [-0.39, 0.29) is 11.6 Å². The number of halogens is 1. The van der Waals surface area contributed by atoms with E-state index in [2.05, 4.69) is 0 Å². The molecular formula is C13H17FN2OS. The van der Waals surface area contributed by atoms with Gasteiger partial charge in [0.05, 0.1) is 5.56 Å². The van der Waals surface area contributed by atoms with E-state index >= 15 is 0 Å².